The highest BCUT2D eigenvalue weighted by atomic mass is 16.4. The van der Waals surface area contributed by atoms with Gasteiger partial charge in [0.2, 0.25) is 0 Å². The summed E-state index contributed by atoms with van der Waals surface area (Å²) in [4.78, 5) is 11.5. The van der Waals surface area contributed by atoms with Gasteiger partial charge in [0.1, 0.15) is 6.04 Å². The Morgan fingerprint density at radius 3 is 2.39 bits per heavy atom. The lowest BCUT2D eigenvalue weighted by Crippen LogP contribution is -2.48. The van der Waals surface area contributed by atoms with Gasteiger partial charge in [0.15, 0.2) is 0 Å². The third-order valence-corrected chi connectivity index (χ3v) is 4.32. The lowest BCUT2D eigenvalue weighted by Gasteiger charge is -2.29. The molecule has 0 bridgehead atoms. The van der Waals surface area contributed by atoms with E-state index in [1.165, 1.54) is 25.7 Å². The molecule has 0 radical (unpaired) electrons. The van der Waals surface area contributed by atoms with Crippen molar-refractivity contribution in [1.82, 2.24) is 5.32 Å². The average molecular weight is 251 g/mol. The Bertz CT molecular complexity index is 293. The zero-order chi connectivity index (χ0) is 12.8. The molecule has 0 aromatic rings. The number of allylic oxidation sites excluding steroid dienone is 2. The zero-order valence-electron chi connectivity index (χ0n) is 11.1. The molecule has 3 nitrogen and oxygen atoms in total. The largest absolute Gasteiger partial charge is 0.480 e. The molecule has 2 N–H and O–H groups in total. The molecule has 0 aromatic heterocycles. The predicted octanol–water partition coefficient (Wildman–Crippen LogP) is 3.11. The molecule has 2 rings (SSSR count). The second kappa shape index (κ2) is 6.93. The van der Waals surface area contributed by atoms with Crippen molar-refractivity contribution in [2.75, 3.05) is 0 Å². The lowest BCUT2D eigenvalue weighted by molar-refractivity contribution is -0.141. The molecular formula is C15H25NO2. The first kappa shape index (κ1) is 13.6. The number of rotatable bonds is 4. The van der Waals surface area contributed by atoms with Gasteiger partial charge in [-0.2, -0.15) is 0 Å². The number of nitrogens with one attached hydrogen (secondary N) is 1. The van der Waals surface area contributed by atoms with Crippen molar-refractivity contribution in [2.24, 2.45) is 5.92 Å². The van der Waals surface area contributed by atoms with Crippen LogP contribution in [0.3, 0.4) is 0 Å². The van der Waals surface area contributed by atoms with Crippen molar-refractivity contribution in [2.45, 2.75) is 69.9 Å². The Morgan fingerprint density at radius 1 is 1.11 bits per heavy atom. The number of carboxylic acid groups (broad SMARTS) is 1. The molecule has 0 heterocycles. The highest BCUT2D eigenvalue weighted by Crippen LogP contribution is 2.24. The first-order valence-electron chi connectivity index (χ1n) is 7.41. The van der Waals surface area contributed by atoms with E-state index in [0.717, 1.165) is 32.1 Å². The van der Waals surface area contributed by atoms with Crippen LogP contribution in [0.5, 0.6) is 0 Å². The van der Waals surface area contributed by atoms with Crippen LogP contribution in [0.15, 0.2) is 12.2 Å². The van der Waals surface area contributed by atoms with Gasteiger partial charge in [0.25, 0.3) is 0 Å². The maximum absolute atomic E-state index is 11.5. The molecule has 2 atom stereocenters. The number of hydrogen-bond donors (Lipinski definition) is 2. The van der Waals surface area contributed by atoms with Gasteiger partial charge in [0.05, 0.1) is 0 Å². The first-order valence-corrected chi connectivity index (χ1v) is 7.41. The summed E-state index contributed by atoms with van der Waals surface area (Å²) in [5.74, 6) is -0.393. The van der Waals surface area contributed by atoms with Crippen LogP contribution in [-0.4, -0.2) is 23.2 Å². The summed E-state index contributed by atoms with van der Waals surface area (Å²) in [6.07, 6.45) is 14.6. The van der Waals surface area contributed by atoms with Crippen LogP contribution >= 0.6 is 0 Å². The molecule has 0 spiro atoms. The normalized spacial score (nSPS) is 27.7. The molecule has 0 amide bonds. The molecule has 2 aliphatic carbocycles. The van der Waals surface area contributed by atoms with E-state index in [-0.39, 0.29) is 12.0 Å². The van der Waals surface area contributed by atoms with Gasteiger partial charge in [-0.05, 0) is 38.0 Å². The van der Waals surface area contributed by atoms with Gasteiger partial charge in [-0.25, -0.2) is 0 Å². The van der Waals surface area contributed by atoms with Gasteiger partial charge in [-0.3, -0.25) is 4.79 Å². The smallest absolute Gasteiger partial charge is 0.321 e. The summed E-state index contributed by atoms with van der Waals surface area (Å²) in [5.41, 5.74) is 0. The molecule has 102 valence electrons. The molecule has 18 heavy (non-hydrogen) atoms. The monoisotopic (exact) mass is 251 g/mol. The minimum absolute atomic E-state index is 0.274. The minimum atomic E-state index is -0.667. The van der Waals surface area contributed by atoms with Crippen molar-refractivity contribution in [3.8, 4) is 0 Å². The summed E-state index contributed by atoms with van der Waals surface area (Å²) >= 11 is 0. The molecule has 2 unspecified atom stereocenters. The molecule has 2 aliphatic rings. The maximum Gasteiger partial charge on any atom is 0.321 e. The number of carbonyl (C=O) groups is 1. The van der Waals surface area contributed by atoms with Crippen molar-refractivity contribution in [1.29, 1.82) is 0 Å². The summed E-state index contributed by atoms with van der Waals surface area (Å²) in [5, 5.41) is 12.9. The molecular weight excluding hydrogens is 226 g/mol. The second-order valence-electron chi connectivity index (χ2n) is 5.72. The highest BCUT2D eigenvalue weighted by Gasteiger charge is 2.30. The Labute approximate surface area is 110 Å². The molecule has 1 saturated carbocycles. The predicted molar refractivity (Wildman–Crippen MR) is 72.5 cm³/mol. The number of aliphatic carboxylic acids is 1. The first-order chi connectivity index (χ1) is 8.77. The number of carboxylic acids is 1. The van der Waals surface area contributed by atoms with Crippen LogP contribution in [0.2, 0.25) is 0 Å². The summed E-state index contributed by atoms with van der Waals surface area (Å²) < 4.78 is 0. The minimum Gasteiger partial charge on any atom is -0.480 e. The van der Waals surface area contributed by atoms with Crippen molar-refractivity contribution in [3.05, 3.63) is 12.2 Å². The van der Waals surface area contributed by atoms with Crippen molar-refractivity contribution < 1.29 is 9.90 Å². The van der Waals surface area contributed by atoms with Crippen LogP contribution < -0.4 is 5.32 Å². The van der Waals surface area contributed by atoms with Crippen molar-refractivity contribution >= 4 is 5.97 Å². The summed E-state index contributed by atoms with van der Waals surface area (Å²) in [6.45, 7) is 0. The van der Waals surface area contributed by atoms with E-state index in [9.17, 15) is 9.90 Å². The lowest BCUT2D eigenvalue weighted by atomic mass is 9.87. The van der Waals surface area contributed by atoms with E-state index in [1.807, 2.05) is 0 Å². The second-order valence-corrected chi connectivity index (χ2v) is 5.72. The quantitative estimate of drug-likeness (QED) is 0.596. The Balaban J connectivity index is 1.92. The van der Waals surface area contributed by atoms with Crippen molar-refractivity contribution in [3.63, 3.8) is 0 Å². The van der Waals surface area contributed by atoms with Crippen LogP contribution in [0.1, 0.15) is 57.8 Å². The topological polar surface area (TPSA) is 49.3 Å². The molecule has 0 saturated heterocycles. The van der Waals surface area contributed by atoms with Crippen LogP contribution in [-0.2, 0) is 4.79 Å². The standard InChI is InChI=1S/C15H25NO2/c17-15(18)14(12-8-4-3-5-9-12)16-13-10-6-1-2-7-11-13/h3-4,12-14,16H,1-2,5-11H2,(H,17,18). The molecule has 0 aliphatic heterocycles. The van der Waals surface area contributed by atoms with Gasteiger partial charge in [-0.15, -0.1) is 0 Å². The van der Waals surface area contributed by atoms with E-state index in [2.05, 4.69) is 17.5 Å². The third kappa shape index (κ3) is 3.84. The van der Waals surface area contributed by atoms with Gasteiger partial charge < -0.3 is 10.4 Å². The van der Waals surface area contributed by atoms with E-state index in [1.54, 1.807) is 0 Å². The SMILES string of the molecule is O=C(O)C(NC1CCCCCC1)C1CC=CCC1. The van der Waals surface area contributed by atoms with Crippen LogP contribution in [0, 0.1) is 5.92 Å². The summed E-state index contributed by atoms with van der Waals surface area (Å²) in [7, 11) is 0. The molecule has 3 heteroatoms. The maximum atomic E-state index is 11.5. The average Bonchev–Trinajstić information content (AvgIpc) is 2.65. The Morgan fingerprint density at radius 2 is 1.83 bits per heavy atom. The van der Waals surface area contributed by atoms with Crippen LogP contribution in [0.25, 0.3) is 0 Å². The number of hydrogen-bond acceptors (Lipinski definition) is 2. The van der Waals surface area contributed by atoms with E-state index >= 15 is 0 Å². The highest BCUT2D eigenvalue weighted by molar-refractivity contribution is 5.74. The molecule has 1 fully saturated rings. The van der Waals surface area contributed by atoms with E-state index in [4.69, 9.17) is 0 Å². The van der Waals surface area contributed by atoms with Gasteiger partial charge in [-0.1, -0.05) is 37.8 Å². The fraction of sp³-hybridized carbons (Fsp3) is 0.800. The summed E-state index contributed by atoms with van der Waals surface area (Å²) in [6, 6.07) is 0.0672. The van der Waals surface area contributed by atoms with E-state index in [0.29, 0.717) is 6.04 Å². The fourth-order valence-corrected chi connectivity index (χ4v) is 3.23. The van der Waals surface area contributed by atoms with Gasteiger partial charge in [0, 0.05) is 6.04 Å². The fourth-order valence-electron chi connectivity index (χ4n) is 3.23. The zero-order valence-corrected chi connectivity index (χ0v) is 11.1. The molecule has 0 aromatic carbocycles. The third-order valence-electron chi connectivity index (χ3n) is 4.32. The Hall–Kier alpha value is -0.830. The Kier molecular flexibility index (Phi) is 5.24. The van der Waals surface area contributed by atoms with E-state index < -0.39 is 5.97 Å². The van der Waals surface area contributed by atoms with Gasteiger partial charge >= 0.3 is 5.97 Å². The van der Waals surface area contributed by atoms with Crippen LogP contribution in [0.4, 0.5) is 0 Å².